The van der Waals surface area contributed by atoms with Gasteiger partial charge in [0, 0.05) is 18.9 Å². The molecule has 0 bridgehead atoms. The van der Waals surface area contributed by atoms with Crippen LogP contribution in [0.1, 0.15) is 42.2 Å². The molecule has 0 spiro atoms. The third-order valence-electron chi connectivity index (χ3n) is 4.11. The highest BCUT2D eigenvalue weighted by Gasteiger charge is 2.24. The van der Waals surface area contributed by atoms with Crippen LogP contribution in [0.4, 0.5) is 11.4 Å². The quantitative estimate of drug-likeness (QED) is 0.942. The third-order valence-corrected chi connectivity index (χ3v) is 4.11. The van der Waals surface area contributed by atoms with E-state index in [2.05, 4.69) is 5.10 Å². The number of amides is 1. The van der Waals surface area contributed by atoms with E-state index in [0.29, 0.717) is 17.4 Å². The van der Waals surface area contributed by atoms with Crippen LogP contribution >= 0.6 is 0 Å². The highest BCUT2D eigenvalue weighted by Crippen LogP contribution is 2.30. The highest BCUT2D eigenvalue weighted by atomic mass is 16.2. The van der Waals surface area contributed by atoms with Crippen LogP contribution in [0, 0.1) is 0 Å². The van der Waals surface area contributed by atoms with Crippen LogP contribution in [0.15, 0.2) is 36.5 Å². The molecule has 5 heteroatoms. The SMILES string of the molecule is CN(C(=O)c1nn(C2CCCC2)cc1N)c1ccccc1. The molecular weight excluding hydrogens is 264 g/mol. The van der Waals surface area contributed by atoms with E-state index in [-0.39, 0.29) is 5.91 Å². The zero-order chi connectivity index (χ0) is 14.8. The minimum absolute atomic E-state index is 0.171. The largest absolute Gasteiger partial charge is 0.396 e. The van der Waals surface area contributed by atoms with E-state index in [0.717, 1.165) is 18.5 Å². The molecule has 0 aliphatic heterocycles. The summed E-state index contributed by atoms with van der Waals surface area (Å²) >= 11 is 0. The monoisotopic (exact) mass is 284 g/mol. The van der Waals surface area contributed by atoms with Gasteiger partial charge in [0.2, 0.25) is 0 Å². The molecular formula is C16H20N4O. The van der Waals surface area contributed by atoms with Gasteiger partial charge in [-0.3, -0.25) is 9.48 Å². The number of benzene rings is 1. The molecule has 1 heterocycles. The summed E-state index contributed by atoms with van der Waals surface area (Å²) in [7, 11) is 1.74. The Morgan fingerprint density at radius 3 is 2.62 bits per heavy atom. The van der Waals surface area contributed by atoms with Gasteiger partial charge >= 0.3 is 0 Å². The lowest BCUT2D eigenvalue weighted by Crippen LogP contribution is -2.27. The second-order valence-electron chi connectivity index (χ2n) is 5.55. The number of anilines is 2. The molecule has 0 atom stereocenters. The molecule has 0 radical (unpaired) electrons. The fourth-order valence-electron chi connectivity index (χ4n) is 2.86. The molecule has 1 amide bonds. The summed E-state index contributed by atoms with van der Waals surface area (Å²) in [6.45, 7) is 0. The molecule has 3 rings (SSSR count). The van der Waals surface area contributed by atoms with Gasteiger partial charge in [-0.25, -0.2) is 0 Å². The zero-order valence-electron chi connectivity index (χ0n) is 12.2. The maximum atomic E-state index is 12.6. The first-order valence-corrected chi connectivity index (χ1v) is 7.34. The van der Waals surface area contributed by atoms with Crippen LogP contribution < -0.4 is 10.6 Å². The van der Waals surface area contributed by atoms with Crippen molar-refractivity contribution < 1.29 is 4.79 Å². The molecule has 1 aliphatic rings. The average Bonchev–Trinajstić information content (AvgIpc) is 3.16. The van der Waals surface area contributed by atoms with Crippen LogP contribution in [0.25, 0.3) is 0 Å². The maximum Gasteiger partial charge on any atom is 0.280 e. The summed E-state index contributed by atoms with van der Waals surface area (Å²) in [5.41, 5.74) is 7.62. The van der Waals surface area contributed by atoms with Crippen molar-refractivity contribution in [3.63, 3.8) is 0 Å². The Balaban J connectivity index is 1.84. The number of para-hydroxylation sites is 1. The van der Waals surface area contributed by atoms with E-state index in [1.807, 2.05) is 35.0 Å². The molecule has 1 aromatic carbocycles. The Hall–Kier alpha value is -2.30. The number of hydrogen-bond donors (Lipinski definition) is 1. The predicted molar refractivity (Wildman–Crippen MR) is 83.3 cm³/mol. The molecule has 5 nitrogen and oxygen atoms in total. The molecule has 1 aromatic heterocycles. The lowest BCUT2D eigenvalue weighted by atomic mass is 10.2. The van der Waals surface area contributed by atoms with Crippen molar-refractivity contribution in [1.29, 1.82) is 0 Å². The lowest BCUT2D eigenvalue weighted by molar-refractivity contribution is 0.0988. The molecule has 110 valence electrons. The van der Waals surface area contributed by atoms with Crippen molar-refractivity contribution >= 4 is 17.3 Å². The smallest absolute Gasteiger partial charge is 0.280 e. The minimum Gasteiger partial charge on any atom is -0.396 e. The zero-order valence-corrected chi connectivity index (χ0v) is 12.2. The molecule has 1 aliphatic carbocycles. The van der Waals surface area contributed by atoms with Gasteiger partial charge in [-0.1, -0.05) is 31.0 Å². The Kier molecular flexibility index (Phi) is 3.64. The summed E-state index contributed by atoms with van der Waals surface area (Å²) in [5.74, 6) is -0.171. The highest BCUT2D eigenvalue weighted by molar-refractivity contribution is 6.07. The summed E-state index contributed by atoms with van der Waals surface area (Å²) in [6.07, 6.45) is 6.46. The van der Waals surface area contributed by atoms with E-state index in [1.54, 1.807) is 18.1 Å². The molecule has 0 unspecified atom stereocenters. The van der Waals surface area contributed by atoms with Gasteiger partial charge in [-0.15, -0.1) is 0 Å². The standard InChI is InChI=1S/C16H20N4O/c1-19(12-7-3-2-4-8-12)16(21)15-14(17)11-20(18-15)13-9-5-6-10-13/h2-4,7-8,11,13H,5-6,9-10,17H2,1H3. The van der Waals surface area contributed by atoms with Crippen LogP contribution in [-0.2, 0) is 0 Å². The summed E-state index contributed by atoms with van der Waals surface area (Å²) < 4.78 is 1.87. The number of aromatic nitrogens is 2. The van der Waals surface area contributed by atoms with Gasteiger partial charge in [0.1, 0.15) is 0 Å². The summed E-state index contributed by atoms with van der Waals surface area (Å²) in [4.78, 5) is 14.1. The Bertz CT molecular complexity index is 629. The van der Waals surface area contributed by atoms with E-state index < -0.39 is 0 Å². The molecule has 1 saturated carbocycles. The number of rotatable bonds is 3. The predicted octanol–water partition coefficient (Wildman–Crippen LogP) is 2.86. The Morgan fingerprint density at radius 2 is 1.95 bits per heavy atom. The first-order chi connectivity index (χ1) is 10.2. The average molecular weight is 284 g/mol. The topological polar surface area (TPSA) is 64.2 Å². The number of nitrogen functional groups attached to an aromatic ring is 1. The number of carbonyl (C=O) groups is 1. The third kappa shape index (κ3) is 2.63. The normalized spacial score (nSPS) is 15.3. The fraction of sp³-hybridized carbons (Fsp3) is 0.375. The number of nitrogens with zero attached hydrogens (tertiary/aromatic N) is 3. The van der Waals surface area contributed by atoms with Gasteiger partial charge in [0.15, 0.2) is 5.69 Å². The van der Waals surface area contributed by atoms with Crippen LogP contribution in [0.3, 0.4) is 0 Å². The summed E-state index contributed by atoms with van der Waals surface area (Å²) in [6, 6.07) is 9.89. The Morgan fingerprint density at radius 1 is 1.29 bits per heavy atom. The molecule has 21 heavy (non-hydrogen) atoms. The van der Waals surface area contributed by atoms with Crippen LogP contribution in [0.5, 0.6) is 0 Å². The molecule has 2 N–H and O–H groups in total. The van der Waals surface area contributed by atoms with Gasteiger partial charge in [0.25, 0.3) is 5.91 Å². The first kappa shape index (κ1) is 13.7. The number of hydrogen-bond acceptors (Lipinski definition) is 3. The fourth-order valence-corrected chi connectivity index (χ4v) is 2.86. The van der Waals surface area contributed by atoms with E-state index in [1.165, 1.54) is 12.8 Å². The lowest BCUT2D eigenvalue weighted by Gasteiger charge is -2.16. The van der Waals surface area contributed by atoms with Gasteiger partial charge in [0.05, 0.1) is 11.7 Å². The maximum absolute atomic E-state index is 12.6. The second kappa shape index (κ2) is 5.60. The van der Waals surface area contributed by atoms with Crippen LogP contribution in [-0.4, -0.2) is 22.7 Å². The second-order valence-corrected chi connectivity index (χ2v) is 5.55. The van der Waals surface area contributed by atoms with Gasteiger partial charge in [-0.05, 0) is 25.0 Å². The van der Waals surface area contributed by atoms with E-state index in [4.69, 9.17) is 5.73 Å². The van der Waals surface area contributed by atoms with Gasteiger partial charge in [-0.2, -0.15) is 5.10 Å². The Labute approximate surface area is 124 Å². The van der Waals surface area contributed by atoms with Crippen LogP contribution in [0.2, 0.25) is 0 Å². The first-order valence-electron chi connectivity index (χ1n) is 7.34. The minimum atomic E-state index is -0.171. The van der Waals surface area contributed by atoms with E-state index >= 15 is 0 Å². The van der Waals surface area contributed by atoms with Gasteiger partial charge < -0.3 is 10.6 Å². The molecule has 2 aromatic rings. The number of nitrogens with two attached hydrogens (primary N) is 1. The molecule has 0 saturated heterocycles. The van der Waals surface area contributed by atoms with Crippen molar-refractivity contribution in [2.24, 2.45) is 0 Å². The number of carbonyl (C=O) groups excluding carboxylic acids is 1. The van der Waals surface area contributed by atoms with Crippen molar-refractivity contribution in [2.45, 2.75) is 31.7 Å². The van der Waals surface area contributed by atoms with Crippen molar-refractivity contribution in [3.8, 4) is 0 Å². The van der Waals surface area contributed by atoms with Crippen molar-refractivity contribution in [1.82, 2.24) is 9.78 Å². The van der Waals surface area contributed by atoms with E-state index in [9.17, 15) is 4.79 Å². The molecule has 1 fully saturated rings. The van der Waals surface area contributed by atoms with Crippen molar-refractivity contribution in [2.75, 3.05) is 17.7 Å². The van der Waals surface area contributed by atoms with Crippen molar-refractivity contribution in [3.05, 3.63) is 42.2 Å². The summed E-state index contributed by atoms with van der Waals surface area (Å²) in [5, 5.41) is 4.44.